The summed E-state index contributed by atoms with van der Waals surface area (Å²) in [6, 6.07) is 7.58. The predicted molar refractivity (Wildman–Crippen MR) is 75.9 cm³/mol. The van der Waals surface area contributed by atoms with Gasteiger partial charge in [-0.05, 0) is 31.2 Å². The van der Waals surface area contributed by atoms with Gasteiger partial charge in [0, 0.05) is 16.9 Å². The summed E-state index contributed by atoms with van der Waals surface area (Å²) in [5.74, 6) is -0.230. The summed E-state index contributed by atoms with van der Waals surface area (Å²) in [6.45, 7) is 0.885. The van der Waals surface area contributed by atoms with Crippen LogP contribution in [0.2, 0.25) is 5.02 Å². The van der Waals surface area contributed by atoms with Crippen LogP contribution in [0.4, 0.5) is 14.5 Å². The summed E-state index contributed by atoms with van der Waals surface area (Å²) in [5, 5.41) is 0.360. The van der Waals surface area contributed by atoms with Crippen LogP contribution in [0.25, 0.3) is 0 Å². The standard InChI is InChI=1S/C14H12ClF2N3O/c1-9-18-6-5-12(19-9)14(21)20(8-13(16)17)11-4-2-3-10(15)7-11/h2-7,13H,8H2,1H3. The van der Waals surface area contributed by atoms with Gasteiger partial charge in [0.05, 0.1) is 6.54 Å². The van der Waals surface area contributed by atoms with Crippen molar-refractivity contribution in [3.63, 3.8) is 0 Å². The molecular formula is C14H12ClF2N3O. The fourth-order valence-corrected chi connectivity index (χ4v) is 1.99. The number of nitrogens with zero attached hydrogens (tertiary/aromatic N) is 3. The molecule has 1 aromatic heterocycles. The number of benzene rings is 1. The van der Waals surface area contributed by atoms with Crippen molar-refractivity contribution in [3.05, 3.63) is 53.1 Å². The zero-order valence-corrected chi connectivity index (χ0v) is 11.9. The summed E-state index contributed by atoms with van der Waals surface area (Å²) >= 11 is 5.85. The number of aromatic nitrogens is 2. The molecule has 0 N–H and O–H groups in total. The third-order valence-corrected chi connectivity index (χ3v) is 2.92. The number of alkyl halides is 2. The maximum atomic E-state index is 12.8. The second-order valence-electron chi connectivity index (χ2n) is 4.28. The number of carbonyl (C=O) groups excluding carboxylic acids is 1. The summed E-state index contributed by atoms with van der Waals surface area (Å²) < 4.78 is 25.5. The van der Waals surface area contributed by atoms with E-state index in [0.29, 0.717) is 16.5 Å². The van der Waals surface area contributed by atoms with Gasteiger partial charge < -0.3 is 4.90 Å². The summed E-state index contributed by atoms with van der Waals surface area (Å²) in [7, 11) is 0. The highest BCUT2D eigenvalue weighted by molar-refractivity contribution is 6.31. The number of aryl methyl sites for hydroxylation is 1. The average molecular weight is 312 g/mol. The van der Waals surface area contributed by atoms with E-state index in [2.05, 4.69) is 9.97 Å². The smallest absolute Gasteiger partial charge is 0.277 e. The zero-order chi connectivity index (χ0) is 15.4. The Kier molecular flexibility index (Phi) is 4.80. The largest absolute Gasteiger partial charge is 0.301 e. The molecule has 0 fully saturated rings. The molecule has 1 aromatic carbocycles. The summed E-state index contributed by atoms with van der Waals surface area (Å²) in [6.07, 6.45) is -1.26. The highest BCUT2D eigenvalue weighted by atomic mass is 35.5. The third-order valence-electron chi connectivity index (χ3n) is 2.68. The van der Waals surface area contributed by atoms with E-state index in [4.69, 9.17) is 11.6 Å². The Balaban J connectivity index is 2.38. The molecule has 4 nitrogen and oxygen atoms in total. The Bertz CT molecular complexity index is 652. The topological polar surface area (TPSA) is 46.1 Å². The van der Waals surface area contributed by atoms with Crippen molar-refractivity contribution in [1.29, 1.82) is 0 Å². The lowest BCUT2D eigenvalue weighted by atomic mass is 10.2. The van der Waals surface area contributed by atoms with E-state index in [0.717, 1.165) is 4.90 Å². The van der Waals surface area contributed by atoms with Crippen LogP contribution >= 0.6 is 11.6 Å². The number of carbonyl (C=O) groups is 1. The second-order valence-corrected chi connectivity index (χ2v) is 4.71. The molecule has 0 bridgehead atoms. The van der Waals surface area contributed by atoms with Crippen molar-refractivity contribution in [3.8, 4) is 0 Å². The van der Waals surface area contributed by atoms with E-state index in [9.17, 15) is 13.6 Å². The van der Waals surface area contributed by atoms with Gasteiger partial charge in [-0.25, -0.2) is 18.7 Å². The van der Waals surface area contributed by atoms with Crippen molar-refractivity contribution >= 4 is 23.2 Å². The van der Waals surface area contributed by atoms with Crippen LogP contribution < -0.4 is 4.90 Å². The highest BCUT2D eigenvalue weighted by Crippen LogP contribution is 2.22. The number of anilines is 1. The van der Waals surface area contributed by atoms with Crippen LogP contribution in [0.3, 0.4) is 0 Å². The Hall–Kier alpha value is -2.08. The molecule has 2 rings (SSSR count). The first-order valence-corrected chi connectivity index (χ1v) is 6.50. The molecule has 0 aliphatic heterocycles. The Morgan fingerprint density at radius 1 is 1.38 bits per heavy atom. The fraction of sp³-hybridized carbons (Fsp3) is 0.214. The minimum Gasteiger partial charge on any atom is -0.301 e. The van der Waals surface area contributed by atoms with Crippen molar-refractivity contribution < 1.29 is 13.6 Å². The lowest BCUT2D eigenvalue weighted by Gasteiger charge is -2.22. The molecule has 7 heteroatoms. The van der Waals surface area contributed by atoms with Gasteiger partial charge in [-0.3, -0.25) is 4.79 Å². The van der Waals surface area contributed by atoms with Gasteiger partial charge in [-0.15, -0.1) is 0 Å². The Morgan fingerprint density at radius 2 is 2.14 bits per heavy atom. The van der Waals surface area contributed by atoms with E-state index in [1.54, 1.807) is 25.1 Å². The van der Waals surface area contributed by atoms with Crippen molar-refractivity contribution in [2.24, 2.45) is 0 Å². The van der Waals surface area contributed by atoms with Gasteiger partial charge in [0.1, 0.15) is 11.5 Å². The summed E-state index contributed by atoms with van der Waals surface area (Å²) in [4.78, 5) is 21.2. The molecule has 1 amide bonds. The molecule has 21 heavy (non-hydrogen) atoms. The maximum absolute atomic E-state index is 12.8. The van der Waals surface area contributed by atoms with Gasteiger partial charge in [0.15, 0.2) is 0 Å². The van der Waals surface area contributed by atoms with E-state index >= 15 is 0 Å². The minimum absolute atomic E-state index is 0.0584. The zero-order valence-electron chi connectivity index (χ0n) is 11.1. The monoisotopic (exact) mass is 311 g/mol. The van der Waals surface area contributed by atoms with Crippen molar-refractivity contribution in [2.45, 2.75) is 13.3 Å². The second kappa shape index (κ2) is 6.58. The molecule has 0 unspecified atom stereocenters. The Morgan fingerprint density at radius 3 is 2.76 bits per heavy atom. The quantitative estimate of drug-likeness (QED) is 0.870. The first kappa shape index (κ1) is 15.3. The molecule has 0 radical (unpaired) electrons. The van der Waals surface area contributed by atoms with E-state index in [-0.39, 0.29) is 5.69 Å². The first-order valence-electron chi connectivity index (χ1n) is 6.12. The SMILES string of the molecule is Cc1nccc(C(=O)N(CC(F)F)c2cccc(Cl)c2)n1. The minimum atomic E-state index is -2.67. The van der Waals surface area contributed by atoms with Crippen LogP contribution in [-0.4, -0.2) is 28.8 Å². The fourth-order valence-electron chi connectivity index (χ4n) is 1.80. The molecule has 0 atom stereocenters. The molecule has 1 heterocycles. The van der Waals surface area contributed by atoms with Crippen LogP contribution in [0.1, 0.15) is 16.3 Å². The van der Waals surface area contributed by atoms with Crippen molar-refractivity contribution in [1.82, 2.24) is 9.97 Å². The molecule has 0 aliphatic rings. The molecule has 110 valence electrons. The number of hydrogen-bond donors (Lipinski definition) is 0. The van der Waals surface area contributed by atoms with Gasteiger partial charge in [-0.1, -0.05) is 17.7 Å². The summed E-state index contributed by atoms with van der Waals surface area (Å²) in [5.41, 5.74) is 0.354. The lowest BCUT2D eigenvalue weighted by Crippen LogP contribution is -2.35. The van der Waals surface area contributed by atoms with Gasteiger partial charge in [0.2, 0.25) is 0 Å². The van der Waals surface area contributed by atoms with Crippen molar-refractivity contribution in [2.75, 3.05) is 11.4 Å². The predicted octanol–water partition coefficient (Wildman–Crippen LogP) is 3.35. The van der Waals surface area contributed by atoms with Gasteiger partial charge >= 0.3 is 0 Å². The molecule has 0 aliphatic carbocycles. The average Bonchev–Trinajstić information content (AvgIpc) is 2.44. The first-order chi connectivity index (χ1) is 9.97. The van der Waals surface area contributed by atoms with Crippen LogP contribution in [0.15, 0.2) is 36.5 Å². The van der Waals surface area contributed by atoms with Gasteiger partial charge in [0.25, 0.3) is 12.3 Å². The normalized spacial score (nSPS) is 10.7. The van der Waals surface area contributed by atoms with Gasteiger partial charge in [-0.2, -0.15) is 0 Å². The molecule has 2 aromatic rings. The molecule has 0 saturated heterocycles. The maximum Gasteiger partial charge on any atom is 0.277 e. The highest BCUT2D eigenvalue weighted by Gasteiger charge is 2.22. The van der Waals surface area contributed by atoms with E-state index in [1.807, 2.05) is 0 Å². The number of amides is 1. The van der Waals surface area contributed by atoms with E-state index in [1.165, 1.54) is 18.3 Å². The van der Waals surface area contributed by atoms with Crippen LogP contribution in [-0.2, 0) is 0 Å². The number of halogens is 3. The molecule has 0 saturated carbocycles. The lowest BCUT2D eigenvalue weighted by molar-refractivity contribution is 0.0940. The molecule has 0 spiro atoms. The number of hydrogen-bond acceptors (Lipinski definition) is 3. The molecular weight excluding hydrogens is 300 g/mol. The Labute approximate surface area is 125 Å². The number of rotatable bonds is 4. The third kappa shape index (κ3) is 3.95. The van der Waals surface area contributed by atoms with Crippen LogP contribution in [0.5, 0.6) is 0 Å². The van der Waals surface area contributed by atoms with Crippen LogP contribution in [0, 0.1) is 6.92 Å². The van der Waals surface area contributed by atoms with E-state index < -0.39 is 18.9 Å².